The minimum absolute atomic E-state index is 0.0389. The molecule has 1 aromatic carbocycles. The van der Waals surface area contributed by atoms with Gasteiger partial charge in [-0.05, 0) is 44.0 Å². The summed E-state index contributed by atoms with van der Waals surface area (Å²) in [4.78, 5) is 16.7. The number of hydrogen-bond acceptors (Lipinski definition) is 4. The van der Waals surface area contributed by atoms with Crippen LogP contribution >= 0.6 is 23.6 Å². The van der Waals surface area contributed by atoms with Crippen molar-refractivity contribution < 1.29 is 4.79 Å². The molecule has 2 heterocycles. The molecule has 0 saturated carbocycles. The molecule has 7 heteroatoms. The minimum Gasteiger partial charge on any atom is -0.349 e. The van der Waals surface area contributed by atoms with Gasteiger partial charge in [-0.15, -0.1) is 11.3 Å². The Morgan fingerprint density at radius 2 is 2.22 bits per heavy atom. The maximum absolute atomic E-state index is 12.6. The molecule has 0 radical (unpaired) electrons. The summed E-state index contributed by atoms with van der Waals surface area (Å²) in [6.45, 7) is 2.73. The number of aryl methyl sites for hydroxylation is 1. The first kappa shape index (κ1) is 18.1. The highest BCUT2D eigenvalue weighted by atomic mass is 32.1. The summed E-state index contributed by atoms with van der Waals surface area (Å²) in [6, 6.07) is 10.4. The van der Waals surface area contributed by atoms with E-state index in [0.29, 0.717) is 6.42 Å². The van der Waals surface area contributed by atoms with Crippen molar-refractivity contribution in [2.45, 2.75) is 45.2 Å². The highest BCUT2D eigenvalue weighted by Gasteiger charge is 2.26. The molecule has 1 aliphatic rings. The van der Waals surface area contributed by atoms with Crippen molar-refractivity contribution in [3.8, 4) is 0 Å². The summed E-state index contributed by atoms with van der Waals surface area (Å²) in [5, 5.41) is 7.80. The van der Waals surface area contributed by atoms with Gasteiger partial charge in [-0.2, -0.15) is 5.10 Å². The van der Waals surface area contributed by atoms with E-state index in [1.807, 2.05) is 31.3 Å². The smallest absolute Gasteiger partial charge is 0.225 e. The van der Waals surface area contributed by atoms with Crippen LogP contribution in [0.2, 0.25) is 0 Å². The monoisotopic (exact) mass is 398 g/mol. The lowest BCUT2D eigenvalue weighted by atomic mass is 9.92. The third-order valence-electron chi connectivity index (χ3n) is 5.02. The molecule has 1 amide bonds. The summed E-state index contributed by atoms with van der Waals surface area (Å²) in [6.07, 6.45) is 5.31. The number of hydrogen-bond donors (Lipinski definition) is 2. The molecule has 3 aromatic rings. The van der Waals surface area contributed by atoms with Crippen LogP contribution in [0.4, 0.5) is 0 Å². The fourth-order valence-corrected chi connectivity index (χ4v) is 4.95. The number of thiazole rings is 1. The third-order valence-corrected chi connectivity index (χ3v) is 6.35. The van der Waals surface area contributed by atoms with Gasteiger partial charge in [0, 0.05) is 21.8 Å². The van der Waals surface area contributed by atoms with Gasteiger partial charge in [-0.25, -0.2) is 0 Å². The summed E-state index contributed by atoms with van der Waals surface area (Å²) >= 11 is 6.64. The average molecular weight is 399 g/mol. The number of nitrogens with one attached hydrogen (secondary N) is 2. The van der Waals surface area contributed by atoms with Crippen LogP contribution in [-0.2, 0) is 24.2 Å². The lowest BCUT2D eigenvalue weighted by Crippen LogP contribution is -2.32. The molecule has 0 aliphatic heterocycles. The molecule has 1 aliphatic carbocycles. The first-order chi connectivity index (χ1) is 13.1. The number of carbonyl (C=O) groups is 1. The van der Waals surface area contributed by atoms with Crippen molar-refractivity contribution in [3.05, 3.63) is 67.9 Å². The Morgan fingerprint density at radius 1 is 1.41 bits per heavy atom. The normalized spacial score (nSPS) is 16.1. The first-order valence-corrected chi connectivity index (χ1v) is 10.4. The standard InChI is InChI=1S/C20H22N4OS2/c1-13-18(27-20(26)22-13)10-19(25)23-16-8-5-9-17-15(16)11-21-24(17)12-14-6-3-2-4-7-14/h2-4,6-7,11,16H,5,8-10,12H2,1H3,(H,22,26)(H,23,25). The van der Waals surface area contributed by atoms with Crippen molar-refractivity contribution in [3.63, 3.8) is 0 Å². The fraction of sp³-hybridized carbons (Fsp3) is 0.350. The Labute approximate surface area is 167 Å². The van der Waals surface area contributed by atoms with Gasteiger partial charge in [0.1, 0.15) is 0 Å². The summed E-state index contributed by atoms with van der Waals surface area (Å²) in [5.41, 5.74) is 4.62. The van der Waals surface area contributed by atoms with Crippen LogP contribution in [0, 0.1) is 10.9 Å². The molecule has 1 atom stereocenters. The van der Waals surface area contributed by atoms with E-state index in [1.54, 1.807) is 0 Å². The van der Waals surface area contributed by atoms with Crippen LogP contribution in [-0.4, -0.2) is 20.7 Å². The Morgan fingerprint density at radius 3 is 2.96 bits per heavy atom. The summed E-state index contributed by atoms with van der Waals surface area (Å²) in [5.74, 6) is 0.0389. The number of aromatic amines is 1. The lowest BCUT2D eigenvalue weighted by Gasteiger charge is -2.24. The molecule has 1 unspecified atom stereocenters. The number of carbonyl (C=O) groups excluding carboxylic acids is 1. The Kier molecular flexibility index (Phi) is 5.22. The first-order valence-electron chi connectivity index (χ1n) is 9.16. The number of amides is 1. The van der Waals surface area contributed by atoms with Crippen molar-refractivity contribution >= 4 is 29.5 Å². The van der Waals surface area contributed by atoms with Crippen LogP contribution in [0.1, 0.15) is 46.3 Å². The van der Waals surface area contributed by atoms with Crippen LogP contribution in [0.3, 0.4) is 0 Å². The van der Waals surface area contributed by atoms with Crippen LogP contribution in [0.25, 0.3) is 0 Å². The van der Waals surface area contributed by atoms with E-state index in [0.717, 1.165) is 45.9 Å². The number of H-pyrrole nitrogens is 1. The maximum atomic E-state index is 12.6. The minimum atomic E-state index is 0.0389. The lowest BCUT2D eigenvalue weighted by molar-refractivity contribution is -0.121. The van der Waals surface area contributed by atoms with Gasteiger partial charge in [0.05, 0.1) is 25.2 Å². The van der Waals surface area contributed by atoms with E-state index in [-0.39, 0.29) is 11.9 Å². The molecule has 2 N–H and O–H groups in total. The second-order valence-corrected chi connectivity index (χ2v) is 8.71. The van der Waals surface area contributed by atoms with Crippen LogP contribution < -0.4 is 5.32 Å². The predicted octanol–water partition coefficient (Wildman–Crippen LogP) is 4.10. The van der Waals surface area contributed by atoms with E-state index >= 15 is 0 Å². The Balaban J connectivity index is 1.48. The molecule has 0 fully saturated rings. The number of nitrogens with zero attached hydrogens (tertiary/aromatic N) is 2. The second-order valence-electron chi connectivity index (χ2n) is 6.94. The second kappa shape index (κ2) is 7.78. The van der Waals surface area contributed by atoms with Crippen molar-refractivity contribution in [1.82, 2.24) is 20.1 Å². The molecule has 0 spiro atoms. The zero-order chi connectivity index (χ0) is 18.8. The van der Waals surface area contributed by atoms with Crippen LogP contribution in [0.15, 0.2) is 36.5 Å². The molecule has 0 bridgehead atoms. The Hall–Kier alpha value is -2.25. The molecule has 0 saturated heterocycles. The zero-order valence-corrected chi connectivity index (χ0v) is 16.8. The zero-order valence-electron chi connectivity index (χ0n) is 15.2. The molecule has 27 heavy (non-hydrogen) atoms. The van der Waals surface area contributed by atoms with Crippen molar-refractivity contribution in [2.24, 2.45) is 0 Å². The topological polar surface area (TPSA) is 62.7 Å². The maximum Gasteiger partial charge on any atom is 0.225 e. The summed E-state index contributed by atoms with van der Waals surface area (Å²) in [7, 11) is 0. The molecular formula is C20H22N4OS2. The van der Waals surface area contributed by atoms with Gasteiger partial charge < -0.3 is 10.3 Å². The van der Waals surface area contributed by atoms with Gasteiger partial charge >= 0.3 is 0 Å². The SMILES string of the molecule is Cc1[nH]c(=S)sc1CC(=O)NC1CCCc2c1cnn2Cc1ccccc1. The third kappa shape index (κ3) is 4.04. The number of rotatable bonds is 5. The van der Waals surface area contributed by atoms with E-state index < -0.39 is 0 Å². The molecule has 5 nitrogen and oxygen atoms in total. The van der Waals surface area contributed by atoms with Crippen molar-refractivity contribution in [2.75, 3.05) is 0 Å². The van der Waals surface area contributed by atoms with E-state index in [1.165, 1.54) is 22.6 Å². The van der Waals surface area contributed by atoms with E-state index in [4.69, 9.17) is 12.2 Å². The number of aromatic nitrogens is 3. The average Bonchev–Trinajstić information content (AvgIpc) is 3.19. The molecule has 2 aromatic heterocycles. The number of fused-ring (bicyclic) bond motifs is 1. The molecule has 140 valence electrons. The van der Waals surface area contributed by atoms with Gasteiger partial charge in [0.15, 0.2) is 3.95 Å². The van der Waals surface area contributed by atoms with E-state index in [2.05, 4.69) is 32.2 Å². The van der Waals surface area contributed by atoms with Crippen molar-refractivity contribution in [1.29, 1.82) is 0 Å². The van der Waals surface area contributed by atoms with Crippen LogP contribution in [0.5, 0.6) is 0 Å². The van der Waals surface area contributed by atoms with E-state index in [9.17, 15) is 4.79 Å². The summed E-state index contributed by atoms with van der Waals surface area (Å²) < 4.78 is 2.79. The highest BCUT2D eigenvalue weighted by molar-refractivity contribution is 7.73. The van der Waals surface area contributed by atoms with Gasteiger partial charge in [-0.1, -0.05) is 30.3 Å². The number of benzene rings is 1. The quantitative estimate of drug-likeness (QED) is 0.636. The van der Waals surface area contributed by atoms with Gasteiger partial charge in [0.2, 0.25) is 5.91 Å². The Bertz CT molecular complexity index is 1000. The van der Waals surface area contributed by atoms with Gasteiger partial charge in [-0.3, -0.25) is 9.48 Å². The predicted molar refractivity (Wildman–Crippen MR) is 110 cm³/mol. The molecular weight excluding hydrogens is 376 g/mol. The highest BCUT2D eigenvalue weighted by Crippen LogP contribution is 2.30. The largest absolute Gasteiger partial charge is 0.349 e. The molecule has 4 rings (SSSR count). The van der Waals surface area contributed by atoms with Gasteiger partial charge in [0.25, 0.3) is 0 Å². The fourth-order valence-electron chi connectivity index (χ4n) is 3.66.